The number of thioether (sulfide) groups is 1. The molecule has 1 aromatic heterocycles. The Balaban J connectivity index is 1.55. The van der Waals surface area contributed by atoms with E-state index in [0.717, 1.165) is 37.8 Å². The summed E-state index contributed by atoms with van der Waals surface area (Å²) in [6.07, 6.45) is 5.20. The van der Waals surface area contributed by atoms with Gasteiger partial charge in [-0.05, 0) is 49.1 Å². The SMILES string of the molecule is CCc1ccc(NC(=O)CSc2nc3ccccc3c(=O)n2C2CCCC2)cc1. The molecule has 150 valence electrons. The molecular weight excluding hydrogens is 382 g/mol. The number of nitrogens with one attached hydrogen (secondary N) is 1. The van der Waals surface area contributed by atoms with Crippen LogP contribution in [0.4, 0.5) is 5.69 Å². The van der Waals surface area contributed by atoms with Crippen molar-refractivity contribution in [2.24, 2.45) is 0 Å². The number of carbonyl (C=O) groups is 1. The zero-order valence-electron chi connectivity index (χ0n) is 16.6. The topological polar surface area (TPSA) is 64.0 Å². The van der Waals surface area contributed by atoms with Crippen molar-refractivity contribution in [3.05, 3.63) is 64.4 Å². The molecule has 0 aliphatic heterocycles. The average Bonchev–Trinajstić information content (AvgIpc) is 3.27. The number of hydrogen-bond acceptors (Lipinski definition) is 4. The maximum Gasteiger partial charge on any atom is 0.262 e. The Morgan fingerprint density at radius 3 is 2.59 bits per heavy atom. The van der Waals surface area contributed by atoms with Gasteiger partial charge in [-0.1, -0.05) is 55.8 Å². The second-order valence-corrected chi connectivity index (χ2v) is 8.35. The average molecular weight is 408 g/mol. The number of benzene rings is 2. The standard InChI is InChI=1S/C23H25N3O2S/c1-2-16-11-13-17(14-12-16)24-21(27)15-29-23-25-20-10-6-5-9-19(20)22(28)26(23)18-7-3-4-8-18/h5-6,9-14,18H,2-4,7-8,15H2,1H3,(H,24,27). The summed E-state index contributed by atoms with van der Waals surface area (Å²) >= 11 is 1.34. The van der Waals surface area contributed by atoms with Crippen LogP contribution in [0.25, 0.3) is 10.9 Å². The number of para-hydroxylation sites is 1. The Hall–Kier alpha value is -2.60. The van der Waals surface area contributed by atoms with Gasteiger partial charge in [0.1, 0.15) is 0 Å². The van der Waals surface area contributed by atoms with Crippen LogP contribution >= 0.6 is 11.8 Å². The second kappa shape index (κ2) is 8.82. The molecule has 0 atom stereocenters. The van der Waals surface area contributed by atoms with Gasteiger partial charge in [0.25, 0.3) is 5.56 Å². The summed E-state index contributed by atoms with van der Waals surface area (Å²) in [7, 11) is 0. The highest BCUT2D eigenvalue weighted by molar-refractivity contribution is 7.99. The molecule has 1 fully saturated rings. The van der Waals surface area contributed by atoms with Gasteiger partial charge in [0.2, 0.25) is 5.91 Å². The van der Waals surface area contributed by atoms with Crippen molar-refractivity contribution >= 4 is 34.3 Å². The molecule has 0 spiro atoms. The number of carbonyl (C=O) groups excluding carboxylic acids is 1. The lowest BCUT2D eigenvalue weighted by Crippen LogP contribution is -2.27. The van der Waals surface area contributed by atoms with E-state index in [0.29, 0.717) is 16.1 Å². The molecule has 3 aromatic rings. The lowest BCUT2D eigenvalue weighted by Gasteiger charge is -2.18. The van der Waals surface area contributed by atoms with Gasteiger partial charge in [0.05, 0.1) is 16.7 Å². The van der Waals surface area contributed by atoms with Crippen LogP contribution in [0.15, 0.2) is 58.5 Å². The van der Waals surface area contributed by atoms with Gasteiger partial charge in [-0.15, -0.1) is 0 Å². The fraction of sp³-hybridized carbons (Fsp3) is 0.348. The van der Waals surface area contributed by atoms with Crippen LogP contribution in [0.5, 0.6) is 0 Å². The molecule has 1 saturated carbocycles. The molecule has 1 aliphatic carbocycles. The van der Waals surface area contributed by atoms with Crippen LogP contribution in [-0.2, 0) is 11.2 Å². The van der Waals surface area contributed by atoms with Gasteiger partial charge in [0.15, 0.2) is 5.16 Å². The molecule has 1 aliphatic rings. The predicted molar refractivity (Wildman–Crippen MR) is 119 cm³/mol. The third-order valence-corrected chi connectivity index (χ3v) is 6.40. The Bertz CT molecular complexity index is 1070. The van der Waals surface area contributed by atoms with E-state index >= 15 is 0 Å². The number of hydrogen-bond donors (Lipinski definition) is 1. The summed E-state index contributed by atoms with van der Waals surface area (Å²) < 4.78 is 1.82. The fourth-order valence-corrected chi connectivity index (χ4v) is 4.73. The molecule has 5 nitrogen and oxygen atoms in total. The Morgan fingerprint density at radius 1 is 1.14 bits per heavy atom. The van der Waals surface area contributed by atoms with Crippen molar-refractivity contribution in [3.63, 3.8) is 0 Å². The Kier molecular flexibility index (Phi) is 6.00. The van der Waals surface area contributed by atoms with Gasteiger partial charge in [0, 0.05) is 11.7 Å². The maximum absolute atomic E-state index is 13.1. The largest absolute Gasteiger partial charge is 0.325 e. The van der Waals surface area contributed by atoms with E-state index in [-0.39, 0.29) is 23.3 Å². The van der Waals surface area contributed by atoms with Crippen molar-refractivity contribution in [1.29, 1.82) is 0 Å². The number of anilines is 1. The fourth-order valence-electron chi connectivity index (χ4n) is 3.86. The van der Waals surface area contributed by atoms with E-state index in [9.17, 15) is 9.59 Å². The Labute approximate surface area is 174 Å². The number of aromatic nitrogens is 2. The normalized spacial score (nSPS) is 14.4. The number of nitrogens with zero attached hydrogens (tertiary/aromatic N) is 2. The van der Waals surface area contributed by atoms with E-state index in [1.807, 2.05) is 53.1 Å². The molecule has 0 radical (unpaired) electrons. The zero-order chi connectivity index (χ0) is 20.2. The quantitative estimate of drug-likeness (QED) is 0.471. The Morgan fingerprint density at radius 2 is 1.86 bits per heavy atom. The molecule has 1 heterocycles. The van der Waals surface area contributed by atoms with Crippen LogP contribution in [0.2, 0.25) is 0 Å². The summed E-state index contributed by atoms with van der Waals surface area (Å²) in [4.78, 5) is 30.3. The molecular formula is C23H25N3O2S. The van der Waals surface area contributed by atoms with Crippen LogP contribution in [-0.4, -0.2) is 21.2 Å². The van der Waals surface area contributed by atoms with Crippen molar-refractivity contribution in [1.82, 2.24) is 9.55 Å². The highest BCUT2D eigenvalue weighted by atomic mass is 32.2. The lowest BCUT2D eigenvalue weighted by atomic mass is 10.1. The minimum Gasteiger partial charge on any atom is -0.325 e. The first kappa shape index (κ1) is 19.7. The minimum atomic E-state index is -0.0976. The smallest absolute Gasteiger partial charge is 0.262 e. The highest BCUT2D eigenvalue weighted by Gasteiger charge is 2.23. The molecule has 2 aromatic carbocycles. The summed E-state index contributed by atoms with van der Waals surface area (Å²) in [6, 6.07) is 15.5. The van der Waals surface area contributed by atoms with Gasteiger partial charge < -0.3 is 5.32 Å². The monoisotopic (exact) mass is 407 g/mol. The van der Waals surface area contributed by atoms with Crippen LogP contribution in [0.3, 0.4) is 0 Å². The number of amides is 1. The summed E-state index contributed by atoms with van der Waals surface area (Å²) in [5, 5.41) is 4.21. The number of aryl methyl sites for hydroxylation is 1. The van der Waals surface area contributed by atoms with E-state index in [2.05, 4.69) is 12.2 Å². The molecule has 4 rings (SSSR count). The maximum atomic E-state index is 13.1. The first-order valence-corrected chi connectivity index (χ1v) is 11.2. The summed E-state index contributed by atoms with van der Waals surface area (Å²) in [5.74, 6) is 0.118. The third kappa shape index (κ3) is 4.37. The number of rotatable bonds is 6. The third-order valence-electron chi connectivity index (χ3n) is 5.44. The lowest BCUT2D eigenvalue weighted by molar-refractivity contribution is -0.113. The zero-order valence-corrected chi connectivity index (χ0v) is 17.4. The molecule has 0 bridgehead atoms. The molecule has 6 heteroatoms. The van der Waals surface area contributed by atoms with Crippen LogP contribution < -0.4 is 10.9 Å². The predicted octanol–water partition coefficient (Wildman–Crippen LogP) is 4.80. The second-order valence-electron chi connectivity index (χ2n) is 7.41. The molecule has 1 N–H and O–H groups in total. The van der Waals surface area contributed by atoms with Gasteiger partial charge in [-0.2, -0.15) is 0 Å². The molecule has 0 unspecified atom stereocenters. The van der Waals surface area contributed by atoms with Crippen molar-refractivity contribution in [2.75, 3.05) is 11.1 Å². The molecule has 1 amide bonds. The van der Waals surface area contributed by atoms with E-state index in [4.69, 9.17) is 4.98 Å². The van der Waals surface area contributed by atoms with E-state index in [1.54, 1.807) is 0 Å². The van der Waals surface area contributed by atoms with Crippen molar-refractivity contribution < 1.29 is 4.79 Å². The minimum absolute atomic E-state index is 0.000521. The van der Waals surface area contributed by atoms with Gasteiger partial charge in [-0.25, -0.2) is 4.98 Å². The highest BCUT2D eigenvalue weighted by Crippen LogP contribution is 2.32. The summed E-state index contributed by atoms with van der Waals surface area (Å²) in [6.45, 7) is 2.10. The first-order valence-electron chi connectivity index (χ1n) is 10.2. The van der Waals surface area contributed by atoms with Gasteiger partial charge >= 0.3 is 0 Å². The molecule has 29 heavy (non-hydrogen) atoms. The summed E-state index contributed by atoms with van der Waals surface area (Å²) in [5.41, 5.74) is 2.70. The van der Waals surface area contributed by atoms with Crippen LogP contribution in [0, 0.1) is 0 Å². The van der Waals surface area contributed by atoms with Crippen LogP contribution in [0.1, 0.15) is 44.2 Å². The van der Waals surface area contributed by atoms with Crippen molar-refractivity contribution in [3.8, 4) is 0 Å². The first-order chi connectivity index (χ1) is 14.2. The van der Waals surface area contributed by atoms with Crippen molar-refractivity contribution in [2.45, 2.75) is 50.2 Å². The van der Waals surface area contributed by atoms with E-state index in [1.165, 1.54) is 17.3 Å². The van der Waals surface area contributed by atoms with E-state index < -0.39 is 0 Å². The molecule has 0 saturated heterocycles. The number of fused-ring (bicyclic) bond motifs is 1. The van der Waals surface area contributed by atoms with Gasteiger partial charge in [-0.3, -0.25) is 14.2 Å².